The van der Waals surface area contributed by atoms with Crippen LogP contribution in [0.2, 0.25) is 0 Å². The summed E-state index contributed by atoms with van der Waals surface area (Å²) in [6, 6.07) is 0. The van der Waals surface area contributed by atoms with Crippen LogP contribution in [0.3, 0.4) is 0 Å². The fourth-order valence-electron chi connectivity index (χ4n) is 6.18. The van der Waals surface area contributed by atoms with Gasteiger partial charge in [0, 0.05) is 12.8 Å². The minimum Gasteiger partial charge on any atom is -0.462 e. The molecule has 1 fully saturated rings. The minimum absolute atomic E-state index is 0.0728. The highest BCUT2D eigenvalue weighted by Crippen LogP contribution is 2.47. The molecule has 0 aliphatic heterocycles. The molecule has 57 heavy (non-hydrogen) atoms. The Morgan fingerprint density at radius 2 is 1.00 bits per heavy atom. The number of aliphatic hydroxyl groups excluding tert-OH is 5. The maximum atomic E-state index is 12.8. The smallest absolute Gasteiger partial charge is 0.462 e. The molecule has 13 nitrogen and oxygen atoms in total. The monoisotopic (exact) mass is 830 g/mol. The second kappa shape index (κ2) is 33.6. The molecule has 0 spiro atoms. The molecular weight excluding hydrogens is 755 g/mol. The van der Waals surface area contributed by atoms with E-state index in [1.165, 1.54) is 38.5 Å². The molecule has 6 N–H and O–H groups in total. The molecule has 6 unspecified atom stereocenters. The van der Waals surface area contributed by atoms with Crippen molar-refractivity contribution in [3.63, 3.8) is 0 Å². The van der Waals surface area contributed by atoms with Crippen LogP contribution in [0.25, 0.3) is 0 Å². The molecule has 0 amide bonds. The van der Waals surface area contributed by atoms with E-state index in [0.717, 1.165) is 77.0 Å². The van der Waals surface area contributed by atoms with Crippen molar-refractivity contribution in [2.24, 2.45) is 0 Å². The van der Waals surface area contributed by atoms with Gasteiger partial charge in [0.2, 0.25) is 0 Å². The van der Waals surface area contributed by atoms with Gasteiger partial charge < -0.3 is 39.9 Å². The second-order valence-corrected chi connectivity index (χ2v) is 16.2. The second-order valence-electron chi connectivity index (χ2n) is 14.8. The number of carbonyl (C=O) groups is 2. The van der Waals surface area contributed by atoms with Gasteiger partial charge in [-0.2, -0.15) is 0 Å². The Bertz CT molecular complexity index is 1190. The van der Waals surface area contributed by atoms with E-state index in [1.54, 1.807) is 0 Å². The molecule has 1 aliphatic carbocycles. The van der Waals surface area contributed by atoms with Crippen molar-refractivity contribution in [1.29, 1.82) is 0 Å². The standard InChI is InChI=1S/C43H75O13P/c1-3-5-7-9-11-13-15-17-18-20-22-24-26-28-30-32-37(45)55-35(34-54-57(51,52)56-43-41(49)39(47)38(46)40(48)42(43)50)33-53-36(44)31-29-27-25-23-21-19-16-14-12-10-8-6-4-2/h5,7,11,13,17-19,21,35,38-43,46-50H,3-4,6,8-10,12,14-16,20,22-34H2,1-2H3,(H,51,52)/b7-5+,13-11+,18-17+,21-19+/t35-,38?,39-,40?,41?,42?,43?/m1/s1. The third kappa shape index (κ3) is 26.5. The highest BCUT2D eigenvalue weighted by Gasteiger charge is 2.51. The Kier molecular flexibility index (Phi) is 31.2. The summed E-state index contributed by atoms with van der Waals surface area (Å²) in [6.07, 6.45) is 24.6. The fourth-order valence-corrected chi connectivity index (χ4v) is 7.15. The maximum Gasteiger partial charge on any atom is 0.472 e. The zero-order valence-corrected chi connectivity index (χ0v) is 35.5. The Morgan fingerprint density at radius 1 is 0.561 bits per heavy atom. The van der Waals surface area contributed by atoms with Gasteiger partial charge in [-0.1, -0.05) is 120 Å². The third-order valence-electron chi connectivity index (χ3n) is 9.65. The summed E-state index contributed by atoms with van der Waals surface area (Å²) in [5.41, 5.74) is 0. The Balaban J connectivity index is 2.53. The average Bonchev–Trinajstić information content (AvgIpc) is 3.19. The van der Waals surface area contributed by atoms with E-state index < -0.39 is 75.7 Å². The molecule has 0 aromatic carbocycles. The molecule has 1 aliphatic rings. The van der Waals surface area contributed by atoms with Crippen molar-refractivity contribution in [3.8, 4) is 0 Å². The van der Waals surface area contributed by atoms with Gasteiger partial charge in [-0.05, 0) is 70.6 Å². The normalized spacial score (nSPS) is 23.2. The lowest BCUT2D eigenvalue weighted by atomic mass is 9.85. The summed E-state index contributed by atoms with van der Waals surface area (Å²) in [6.45, 7) is 3.13. The lowest BCUT2D eigenvalue weighted by Gasteiger charge is -2.41. The number of phosphoric ester groups is 1. The van der Waals surface area contributed by atoms with E-state index in [-0.39, 0.29) is 12.8 Å². The van der Waals surface area contributed by atoms with E-state index in [0.29, 0.717) is 12.8 Å². The van der Waals surface area contributed by atoms with E-state index in [2.05, 4.69) is 62.5 Å². The Hall–Kier alpha value is -2.19. The van der Waals surface area contributed by atoms with Gasteiger partial charge in [0.05, 0.1) is 6.61 Å². The Labute approximate surface area is 341 Å². The first-order valence-corrected chi connectivity index (χ1v) is 22.9. The number of esters is 2. The first-order valence-electron chi connectivity index (χ1n) is 21.4. The van der Waals surface area contributed by atoms with Crippen LogP contribution in [0.15, 0.2) is 48.6 Å². The van der Waals surface area contributed by atoms with Crippen molar-refractivity contribution in [3.05, 3.63) is 48.6 Å². The molecule has 1 saturated carbocycles. The van der Waals surface area contributed by atoms with Crippen LogP contribution in [-0.2, 0) is 32.7 Å². The van der Waals surface area contributed by atoms with Crippen LogP contribution >= 0.6 is 7.82 Å². The number of ether oxygens (including phenoxy) is 2. The van der Waals surface area contributed by atoms with Crippen LogP contribution in [0.1, 0.15) is 155 Å². The summed E-state index contributed by atoms with van der Waals surface area (Å²) in [5, 5.41) is 50.0. The zero-order valence-electron chi connectivity index (χ0n) is 34.6. The first-order chi connectivity index (χ1) is 27.4. The highest BCUT2D eigenvalue weighted by atomic mass is 31.2. The van der Waals surface area contributed by atoms with Gasteiger partial charge in [0.1, 0.15) is 43.2 Å². The molecule has 330 valence electrons. The van der Waals surface area contributed by atoms with Crippen LogP contribution < -0.4 is 0 Å². The fraction of sp³-hybridized carbons (Fsp3) is 0.767. The number of hydrogen-bond donors (Lipinski definition) is 6. The summed E-state index contributed by atoms with van der Waals surface area (Å²) >= 11 is 0. The summed E-state index contributed by atoms with van der Waals surface area (Å²) in [4.78, 5) is 35.6. The van der Waals surface area contributed by atoms with E-state index >= 15 is 0 Å². The van der Waals surface area contributed by atoms with Crippen molar-refractivity contribution in [1.82, 2.24) is 0 Å². The summed E-state index contributed by atoms with van der Waals surface area (Å²) in [5.74, 6) is -1.14. The number of unbranched alkanes of at least 4 members (excludes halogenated alkanes) is 14. The van der Waals surface area contributed by atoms with E-state index in [1.807, 2.05) is 0 Å². The van der Waals surface area contributed by atoms with Crippen LogP contribution in [-0.4, -0.2) is 98.3 Å². The predicted molar refractivity (Wildman–Crippen MR) is 221 cm³/mol. The number of carbonyl (C=O) groups excluding carboxylic acids is 2. The molecule has 0 bridgehead atoms. The van der Waals surface area contributed by atoms with Gasteiger partial charge in [-0.15, -0.1) is 0 Å². The first kappa shape index (κ1) is 52.8. The Morgan fingerprint density at radius 3 is 1.56 bits per heavy atom. The minimum atomic E-state index is -5.12. The number of phosphoric acid groups is 1. The molecular formula is C43H75O13P. The quantitative estimate of drug-likeness (QED) is 0.0160. The number of aliphatic hydroxyl groups is 5. The highest BCUT2D eigenvalue weighted by molar-refractivity contribution is 7.47. The molecule has 8 atom stereocenters. The molecule has 0 heterocycles. The largest absolute Gasteiger partial charge is 0.472 e. The maximum absolute atomic E-state index is 12.8. The number of allylic oxidation sites excluding steroid dienone is 8. The lowest BCUT2D eigenvalue weighted by molar-refractivity contribution is -0.220. The molecule has 1 rings (SSSR count). The molecule has 14 heteroatoms. The van der Waals surface area contributed by atoms with Crippen LogP contribution in [0.4, 0.5) is 0 Å². The van der Waals surface area contributed by atoms with Crippen molar-refractivity contribution < 1.29 is 63.1 Å². The lowest BCUT2D eigenvalue weighted by Crippen LogP contribution is -2.64. The predicted octanol–water partition coefficient (Wildman–Crippen LogP) is 7.61. The summed E-state index contributed by atoms with van der Waals surface area (Å²) in [7, 11) is -5.12. The van der Waals surface area contributed by atoms with Crippen molar-refractivity contribution in [2.45, 2.75) is 198 Å². The number of rotatable bonds is 34. The van der Waals surface area contributed by atoms with Gasteiger partial charge in [-0.25, -0.2) is 4.57 Å². The average molecular weight is 831 g/mol. The van der Waals surface area contributed by atoms with Crippen LogP contribution in [0, 0.1) is 0 Å². The van der Waals surface area contributed by atoms with Crippen molar-refractivity contribution in [2.75, 3.05) is 13.2 Å². The molecule has 0 aromatic heterocycles. The SMILES string of the molecule is CC/C=C/C/C=C/C/C=C/CCCCCCCC(=O)O[C@H](COC(=O)CCCCC/C=C/CCCCCCCC)COP(=O)(O)OC1C(O)C(O)C(O)[C@@H](O)C1O. The third-order valence-corrected chi connectivity index (χ3v) is 10.6. The van der Waals surface area contributed by atoms with Gasteiger partial charge >= 0.3 is 19.8 Å². The molecule has 0 aromatic rings. The van der Waals surface area contributed by atoms with Gasteiger partial charge in [0.15, 0.2) is 6.10 Å². The zero-order chi connectivity index (χ0) is 42.2. The van der Waals surface area contributed by atoms with E-state index in [4.69, 9.17) is 18.5 Å². The van der Waals surface area contributed by atoms with Gasteiger partial charge in [0.25, 0.3) is 0 Å². The van der Waals surface area contributed by atoms with E-state index in [9.17, 15) is 44.6 Å². The molecule has 0 radical (unpaired) electrons. The topological polar surface area (TPSA) is 210 Å². The molecule has 0 saturated heterocycles. The van der Waals surface area contributed by atoms with Crippen LogP contribution in [0.5, 0.6) is 0 Å². The van der Waals surface area contributed by atoms with Crippen molar-refractivity contribution >= 4 is 19.8 Å². The summed E-state index contributed by atoms with van der Waals surface area (Å²) < 4.78 is 33.4. The van der Waals surface area contributed by atoms with Gasteiger partial charge in [-0.3, -0.25) is 18.6 Å². The number of hydrogen-bond acceptors (Lipinski definition) is 12.